The number of halogens is 1. The highest BCUT2D eigenvalue weighted by Gasteiger charge is 2.08. The van der Waals surface area contributed by atoms with Gasteiger partial charge in [-0.2, -0.15) is 0 Å². The van der Waals surface area contributed by atoms with E-state index in [-0.39, 0.29) is 5.82 Å². The van der Waals surface area contributed by atoms with Crippen molar-refractivity contribution in [2.24, 2.45) is 0 Å². The number of hydrogen-bond donors (Lipinski definition) is 1. The molecule has 2 aromatic carbocycles. The van der Waals surface area contributed by atoms with Gasteiger partial charge in [0.1, 0.15) is 11.6 Å². The van der Waals surface area contributed by atoms with Gasteiger partial charge in [0.15, 0.2) is 0 Å². The summed E-state index contributed by atoms with van der Waals surface area (Å²) in [5.41, 5.74) is 2.13. The minimum atomic E-state index is -0.262. The van der Waals surface area contributed by atoms with Gasteiger partial charge in [-0.3, -0.25) is 0 Å². The van der Waals surface area contributed by atoms with Crippen molar-refractivity contribution in [3.8, 4) is 5.75 Å². The Morgan fingerprint density at radius 1 is 1.11 bits per heavy atom. The monoisotopic (exact) mass is 243 g/mol. The van der Waals surface area contributed by atoms with Gasteiger partial charge in [-0.1, -0.05) is 24.3 Å². The summed E-state index contributed by atoms with van der Waals surface area (Å²) >= 11 is 0. The zero-order chi connectivity index (χ0) is 13.0. The molecule has 18 heavy (non-hydrogen) atoms. The Morgan fingerprint density at radius 2 is 1.78 bits per heavy atom. The van der Waals surface area contributed by atoms with Crippen molar-refractivity contribution >= 4 is 5.71 Å². The average molecular weight is 243 g/mol. The summed E-state index contributed by atoms with van der Waals surface area (Å²) in [6.45, 7) is 0. The standard InChI is InChI=1S/C15H14FNO/c1-18-15-5-3-2-4-13(15)14(17)10-11-6-8-12(16)9-7-11/h2-9,17H,10H2,1H3. The molecule has 0 fully saturated rings. The van der Waals surface area contributed by atoms with Gasteiger partial charge in [0.05, 0.1) is 7.11 Å². The topological polar surface area (TPSA) is 33.1 Å². The Labute approximate surface area is 106 Å². The highest BCUT2D eigenvalue weighted by Crippen LogP contribution is 2.19. The average Bonchev–Trinajstić information content (AvgIpc) is 2.41. The molecule has 0 bridgehead atoms. The fourth-order valence-corrected chi connectivity index (χ4v) is 1.80. The molecule has 0 amide bonds. The van der Waals surface area contributed by atoms with Gasteiger partial charge in [0.25, 0.3) is 0 Å². The minimum absolute atomic E-state index is 0.262. The normalized spacial score (nSPS) is 10.1. The second-order valence-corrected chi connectivity index (χ2v) is 3.98. The molecule has 0 aromatic heterocycles. The Kier molecular flexibility index (Phi) is 3.72. The molecule has 0 atom stereocenters. The minimum Gasteiger partial charge on any atom is -0.496 e. The molecule has 2 nitrogen and oxygen atoms in total. The van der Waals surface area contributed by atoms with Gasteiger partial charge < -0.3 is 10.1 Å². The summed E-state index contributed by atoms with van der Waals surface area (Å²) in [4.78, 5) is 0. The first-order valence-electron chi connectivity index (χ1n) is 5.66. The van der Waals surface area contributed by atoms with E-state index in [1.807, 2.05) is 24.3 Å². The van der Waals surface area contributed by atoms with E-state index < -0.39 is 0 Å². The van der Waals surface area contributed by atoms with Crippen molar-refractivity contribution in [2.75, 3.05) is 7.11 Å². The lowest BCUT2D eigenvalue weighted by Gasteiger charge is -2.09. The number of ether oxygens (including phenoxy) is 1. The molecule has 0 radical (unpaired) electrons. The largest absolute Gasteiger partial charge is 0.496 e. The highest BCUT2D eigenvalue weighted by molar-refractivity contribution is 6.01. The van der Waals surface area contributed by atoms with Crippen LogP contribution in [0.15, 0.2) is 48.5 Å². The third kappa shape index (κ3) is 2.74. The number of hydrogen-bond acceptors (Lipinski definition) is 2. The SMILES string of the molecule is COc1ccccc1C(=N)Cc1ccc(F)cc1. The summed E-state index contributed by atoms with van der Waals surface area (Å²) in [6, 6.07) is 13.6. The molecule has 0 saturated carbocycles. The molecule has 0 saturated heterocycles. The Hall–Kier alpha value is -2.16. The van der Waals surface area contributed by atoms with E-state index in [2.05, 4.69) is 0 Å². The van der Waals surface area contributed by atoms with Crippen LogP contribution in [0.2, 0.25) is 0 Å². The smallest absolute Gasteiger partial charge is 0.127 e. The first-order chi connectivity index (χ1) is 8.70. The fourth-order valence-electron chi connectivity index (χ4n) is 1.80. The van der Waals surface area contributed by atoms with Gasteiger partial charge in [-0.25, -0.2) is 4.39 Å². The molecule has 0 aliphatic carbocycles. The number of nitrogens with one attached hydrogen (secondary N) is 1. The molecule has 2 aromatic rings. The third-order valence-corrected chi connectivity index (χ3v) is 2.73. The molecule has 0 aliphatic heterocycles. The Bertz CT molecular complexity index is 549. The van der Waals surface area contributed by atoms with Crippen LogP contribution < -0.4 is 4.74 Å². The zero-order valence-corrected chi connectivity index (χ0v) is 10.1. The second-order valence-electron chi connectivity index (χ2n) is 3.98. The van der Waals surface area contributed by atoms with Crippen LogP contribution in [0.3, 0.4) is 0 Å². The fraction of sp³-hybridized carbons (Fsp3) is 0.133. The molecular formula is C15H14FNO. The van der Waals surface area contributed by atoms with Crippen LogP contribution in [0.4, 0.5) is 4.39 Å². The summed E-state index contributed by atoms with van der Waals surface area (Å²) < 4.78 is 18.0. The molecule has 0 spiro atoms. The van der Waals surface area contributed by atoms with E-state index in [1.165, 1.54) is 12.1 Å². The van der Waals surface area contributed by atoms with Crippen LogP contribution in [0, 0.1) is 11.2 Å². The van der Waals surface area contributed by atoms with Crippen molar-refractivity contribution in [3.63, 3.8) is 0 Å². The quantitative estimate of drug-likeness (QED) is 0.820. The maximum absolute atomic E-state index is 12.8. The summed E-state index contributed by atoms with van der Waals surface area (Å²) in [5, 5.41) is 8.09. The molecule has 92 valence electrons. The number of para-hydroxylation sites is 1. The van der Waals surface area contributed by atoms with Gasteiger partial charge in [0, 0.05) is 17.7 Å². The van der Waals surface area contributed by atoms with E-state index in [9.17, 15) is 4.39 Å². The molecule has 2 rings (SSSR count). The summed E-state index contributed by atoms with van der Waals surface area (Å²) in [6.07, 6.45) is 0.459. The molecule has 0 aliphatic rings. The van der Waals surface area contributed by atoms with Crippen LogP contribution >= 0.6 is 0 Å². The van der Waals surface area contributed by atoms with Crippen LogP contribution in [0.25, 0.3) is 0 Å². The van der Waals surface area contributed by atoms with Crippen LogP contribution in [0.5, 0.6) is 5.75 Å². The Balaban J connectivity index is 2.19. The van der Waals surface area contributed by atoms with E-state index in [0.29, 0.717) is 17.9 Å². The van der Waals surface area contributed by atoms with Gasteiger partial charge in [0.2, 0.25) is 0 Å². The van der Waals surface area contributed by atoms with Crippen LogP contribution in [0.1, 0.15) is 11.1 Å². The van der Waals surface area contributed by atoms with E-state index in [0.717, 1.165) is 11.1 Å². The van der Waals surface area contributed by atoms with Crippen molar-refractivity contribution in [3.05, 3.63) is 65.5 Å². The van der Waals surface area contributed by atoms with Gasteiger partial charge in [-0.15, -0.1) is 0 Å². The first kappa shape index (κ1) is 12.3. The lowest BCUT2D eigenvalue weighted by atomic mass is 10.0. The lowest BCUT2D eigenvalue weighted by Crippen LogP contribution is -2.05. The summed E-state index contributed by atoms with van der Waals surface area (Å²) in [5.74, 6) is 0.423. The predicted molar refractivity (Wildman–Crippen MR) is 69.9 cm³/mol. The van der Waals surface area contributed by atoms with E-state index in [4.69, 9.17) is 10.1 Å². The van der Waals surface area contributed by atoms with Gasteiger partial charge >= 0.3 is 0 Å². The van der Waals surface area contributed by atoms with Crippen molar-refractivity contribution in [1.82, 2.24) is 0 Å². The number of benzene rings is 2. The zero-order valence-electron chi connectivity index (χ0n) is 10.1. The summed E-state index contributed by atoms with van der Waals surface area (Å²) in [7, 11) is 1.59. The van der Waals surface area contributed by atoms with E-state index >= 15 is 0 Å². The van der Waals surface area contributed by atoms with Crippen molar-refractivity contribution in [1.29, 1.82) is 5.41 Å². The van der Waals surface area contributed by atoms with Gasteiger partial charge in [-0.05, 0) is 29.8 Å². The maximum atomic E-state index is 12.8. The Morgan fingerprint density at radius 3 is 2.44 bits per heavy atom. The highest BCUT2D eigenvalue weighted by atomic mass is 19.1. The van der Waals surface area contributed by atoms with Crippen molar-refractivity contribution in [2.45, 2.75) is 6.42 Å². The number of methoxy groups -OCH3 is 1. The van der Waals surface area contributed by atoms with Crippen LogP contribution in [-0.2, 0) is 6.42 Å². The molecule has 3 heteroatoms. The number of rotatable bonds is 4. The first-order valence-corrected chi connectivity index (χ1v) is 5.66. The maximum Gasteiger partial charge on any atom is 0.127 e. The van der Waals surface area contributed by atoms with E-state index in [1.54, 1.807) is 19.2 Å². The lowest BCUT2D eigenvalue weighted by molar-refractivity contribution is 0.414. The molecular weight excluding hydrogens is 229 g/mol. The second kappa shape index (κ2) is 5.45. The predicted octanol–water partition coefficient (Wildman–Crippen LogP) is 3.44. The molecule has 0 heterocycles. The van der Waals surface area contributed by atoms with Crippen molar-refractivity contribution < 1.29 is 9.13 Å². The third-order valence-electron chi connectivity index (χ3n) is 2.73. The molecule has 1 N–H and O–H groups in total. The van der Waals surface area contributed by atoms with Crippen LogP contribution in [-0.4, -0.2) is 12.8 Å². The molecule has 0 unspecified atom stereocenters.